The third-order valence-electron chi connectivity index (χ3n) is 4.26. The summed E-state index contributed by atoms with van der Waals surface area (Å²) >= 11 is 0. The van der Waals surface area contributed by atoms with E-state index in [2.05, 4.69) is 20.7 Å². The molecule has 0 fully saturated rings. The molecule has 1 aliphatic rings. The van der Waals surface area contributed by atoms with E-state index in [1.165, 1.54) is 0 Å². The minimum Gasteiger partial charge on any atom is -0.508 e. The molecule has 0 radical (unpaired) electrons. The van der Waals surface area contributed by atoms with E-state index >= 15 is 0 Å². The number of phenols is 1. The quantitative estimate of drug-likeness (QED) is 0.763. The van der Waals surface area contributed by atoms with Crippen molar-refractivity contribution in [1.82, 2.24) is 15.6 Å². The van der Waals surface area contributed by atoms with Gasteiger partial charge < -0.3 is 10.5 Å². The fourth-order valence-electron chi connectivity index (χ4n) is 3.01. The van der Waals surface area contributed by atoms with Gasteiger partial charge in [0.05, 0.1) is 17.3 Å². The molecule has 1 unspecified atom stereocenters. The van der Waals surface area contributed by atoms with Gasteiger partial charge in [-0.3, -0.25) is 0 Å². The van der Waals surface area contributed by atoms with Crippen molar-refractivity contribution < 1.29 is 5.11 Å². The molecular weight excluding hydrogens is 288 g/mol. The third-order valence-corrected chi connectivity index (χ3v) is 4.26. The van der Waals surface area contributed by atoms with E-state index in [-0.39, 0.29) is 11.8 Å². The highest BCUT2D eigenvalue weighted by atomic mass is 16.3. The van der Waals surface area contributed by atoms with Crippen molar-refractivity contribution in [3.05, 3.63) is 65.4 Å². The molecule has 4 rings (SSSR count). The highest BCUT2D eigenvalue weighted by Gasteiger charge is 2.25. The molecule has 1 atom stereocenters. The van der Waals surface area contributed by atoms with Crippen LogP contribution in [0.2, 0.25) is 0 Å². The Balaban J connectivity index is 1.68. The van der Waals surface area contributed by atoms with E-state index in [1.54, 1.807) is 6.07 Å². The Bertz CT molecular complexity index is 920. The summed E-state index contributed by atoms with van der Waals surface area (Å²) in [6, 6.07) is 15.2. The number of hydrazone groups is 1. The van der Waals surface area contributed by atoms with Gasteiger partial charge in [0, 0.05) is 17.4 Å². The van der Waals surface area contributed by atoms with E-state index in [0.717, 1.165) is 33.4 Å². The monoisotopic (exact) mass is 304 g/mol. The summed E-state index contributed by atoms with van der Waals surface area (Å²) in [6.45, 7) is 2.04. The molecule has 2 N–H and O–H groups in total. The average molecular weight is 304 g/mol. The number of aryl methyl sites for hydroxylation is 1. The second-order valence-electron chi connectivity index (χ2n) is 5.69. The SMILES string of the molecule is Cc1c(C2=NNC(c3ccccc3O)C2)nnc2ccccc12. The van der Waals surface area contributed by atoms with Crippen LogP contribution in [0.4, 0.5) is 0 Å². The van der Waals surface area contributed by atoms with Gasteiger partial charge in [0.2, 0.25) is 0 Å². The third kappa shape index (κ3) is 2.30. The number of benzene rings is 2. The van der Waals surface area contributed by atoms with Gasteiger partial charge in [0.25, 0.3) is 0 Å². The summed E-state index contributed by atoms with van der Waals surface area (Å²) in [7, 11) is 0. The molecule has 0 saturated carbocycles. The van der Waals surface area contributed by atoms with Gasteiger partial charge in [0.1, 0.15) is 11.4 Å². The van der Waals surface area contributed by atoms with Gasteiger partial charge in [0.15, 0.2) is 0 Å². The molecule has 1 aliphatic heterocycles. The van der Waals surface area contributed by atoms with Gasteiger partial charge in [-0.2, -0.15) is 5.10 Å². The first-order chi connectivity index (χ1) is 11.2. The second kappa shape index (κ2) is 5.35. The maximum atomic E-state index is 10.0. The minimum absolute atomic E-state index is 0.0427. The molecule has 23 heavy (non-hydrogen) atoms. The summed E-state index contributed by atoms with van der Waals surface area (Å²) in [5, 5.41) is 24.2. The largest absolute Gasteiger partial charge is 0.508 e. The number of rotatable bonds is 2. The lowest BCUT2D eigenvalue weighted by Crippen LogP contribution is -2.11. The molecule has 0 bridgehead atoms. The molecule has 2 heterocycles. The van der Waals surface area contributed by atoms with Gasteiger partial charge in [-0.1, -0.05) is 36.4 Å². The predicted molar refractivity (Wildman–Crippen MR) is 89.4 cm³/mol. The van der Waals surface area contributed by atoms with Crippen LogP contribution < -0.4 is 5.43 Å². The highest BCUT2D eigenvalue weighted by Crippen LogP contribution is 2.31. The van der Waals surface area contributed by atoms with Crippen LogP contribution in [-0.2, 0) is 0 Å². The number of nitrogens with zero attached hydrogens (tertiary/aromatic N) is 3. The summed E-state index contributed by atoms with van der Waals surface area (Å²) in [4.78, 5) is 0. The highest BCUT2D eigenvalue weighted by molar-refractivity contribution is 6.04. The fraction of sp³-hybridized carbons (Fsp3) is 0.167. The zero-order chi connectivity index (χ0) is 15.8. The van der Waals surface area contributed by atoms with Crippen molar-refractivity contribution in [2.24, 2.45) is 5.10 Å². The molecule has 5 heteroatoms. The topological polar surface area (TPSA) is 70.4 Å². The maximum Gasteiger partial charge on any atom is 0.120 e. The van der Waals surface area contributed by atoms with Crippen LogP contribution >= 0.6 is 0 Å². The Morgan fingerprint density at radius 1 is 1.04 bits per heavy atom. The first kappa shape index (κ1) is 13.7. The van der Waals surface area contributed by atoms with Crippen LogP contribution in [0.5, 0.6) is 5.75 Å². The Kier molecular flexibility index (Phi) is 3.19. The number of hydrogen-bond acceptors (Lipinski definition) is 5. The predicted octanol–water partition coefficient (Wildman–Crippen LogP) is 3.08. The van der Waals surface area contributed by atoms with E-state index in [4.69, 9.17) is 0 Å². The molecular formula is C18H16N4O. The lowest BCUT2D eigenvalue weighted by molar-refractivity contribution is 0.455. The fourth-order valence-corrected chi connectivity index (χ4v) is 3.01. The molecule has 0 amide bonds. The summed E-state index contributed by atoms with van der Waals surface area (Å²) in [5.41, 5.74) is 7.59. The van der Waals surface area contributed by atoms with Crippen LogP contribution in [0.15, 0.2) is 53.6 Å². The van der Waals surface area contributed by atoms with E-state index < -0.39 is 0 Å². The Hall–Kier alpha value is -2.95. The van der Waals surface area contributed by atoms with Crippen LogP contribution in [0.25, 0.3) is 10.9 Å². The zero-order valence-corrected chi connectivity index (χ0v) is 12.7. The average Bonchev–Trinajstić information content (AvgIpc) is 3.05. The normalized spacial score (nSPS) is 17.1. The van der Waals surface area contributed by atoms with Gasteiger partial charge in [-0.15, -0.1) is 10.2 Å². The Morgan fingerprint density at radius 2 is 1.83 bits per heavy atom. The van der Waals surface area contributed by atoms with E-state index in [0.29, 0.717) is 6.42 Å². The summed E-state index contributed by atoms with van der Waals surface area (Å²) < 4.78 is 0. The molecule has 0 saturated heterocycles. The van der Waals surface area contributed by atoms with Crippen molar-refractivity contribution in [3.63, 3.8) is 0 Å². The molecule has 0 aliphatic carbocycles. The standard InChI is InChI=1S/C18H16N4O/c1-11-12-6-2-4-8-14(12)19-22-18(11)16-10-15(20-21-16)13-7-3-5-9-17(13)23/h2-9,15,20,23H,10H2,1H3. The smallest absolute Gasteiger partial charge is 0.120 e. The van der Waals surface area contributed by atoms with Crippen LogP contribution in [0.1, 0.15) is 29.3 Å². The van der Waals surface area contributed by atoms with Crippen molar-refractivity contribution >= 4 is 16.6 Å². The van der Waals surface area contributed by atoms with Crippen LogP contribution in [0, 0.1) is 6.92 Å². The number of phenolic OH excluding ortho intramolecular Hbond substituents is 1. The molecule has 1 aromatic heterocycles. The lowest BCUT2D eigenvalue weighted by atomic mass is 9.98. The van der Waals surface area contributed by atoms with Crippen LogP contribution in [-0.4, -0.2) is 21.0 Å². The van der Waals surface area contributed by atoms with E-state index in [9.17, 15) is 5.11 Å². The number of aromatic hydroxyl groups is 1. The summed E-state index contributed by atoms with van der Waals surface area (Å²) in [5.74, 6) is 0.280. The zero-order valence-electron chi connectivity index (χ0n) is 12.7. The van der Waals surface area contributed by atoms with Crippen molar-refractivity contribution in [3.8, 4) is 5.75 Å². The first-order valence-electron chi connectivity index (χ1n) is 7.56. The molecule has 5 nitrogen and oxygen atoms in total. The summed E-state index contributed by atoms with van der Waals surface area (Å²) in [6.07, 6.45) is 0.672. The van der Waals surface area contributed by atoms with Gasteiger partial charge in [-0.25, -0.2) is 0 Å². The molecule has 0 spiro atoms. The van der Waals surface area contributed by atoms with E-state index in [1.807, 2.05) is 49.4 Å². The number of fused-ring (bicyclic) bond motifs is 1. The number of hydrogen-bond donors (Lipinski definition) is 2. The number of para-hydroxylation sites is 1. The Labute approximate surface area is 133 Å². The van der Waals surface area contributed by atoms with Gasteiger partial charge in [-0.05, 0) is 24.6 Å². The lowest BCUT2D eigenvalue weighted by Gasteiger charge is -2.12. The maximum absolute atomic E-state index is 10.0. The van der Waals surface area contributed by atoms with Crippen molar-refractivity contribution in [2.45, 2.75) is 19.4 Å². The minimum atomic E-state index is -0.0427. The second-order valence-corrected chi connectivity index (χ2v) is 5.69. The molecule has 3 aromatic rings. The number of nitrogens with one attached hydrogen (secondary N) is 1. The van der Waals surface area contributed by atoms with Crippen molar-refractivity contribution in [1.29, 1.82) is 0 Å². The Morgan fingerprint density at radius 3 is 2.70 bits per heavy atom. The number of aromatic nitrogens is 2. The molecule has 114 valence electrons. The van der Waals surface area contributed by atoms with Crippen LogP contribution in [0.3, 0.4) is 0 Å². The van der Waals surface area contributed by atoms with Gasteiger partial charge >= 0.3 is 0 Å². The van der Waals surface area contributed by atoms with Crippen molar-refractivity contribution in [2.75, 3.05) is 0 Å². The molecule has 2 aromatic carbocycles. The first-order valence-corrected chi connectivity index (χ1v) is 7.56.